The number of rotatable bonds is 6. The topological polar surface area (TPSA) is 65.8 Å². The van der Waals surface area contributed by atoms with E-state index in [1.54, 1.807) is 12.1 Å². The van der Waals surface area contributed by atoms with Crippen molar-refractivity contribution in [1.29, 1.82) is 0 Å². The van der Waals surface area contributed by atoms with Gasteiger partial charge in [0.1, 0.15) is 5.76 Å². The lowest BCUT2D eigenvalue weighted by Gasteiger charge is -2.36. The molecular weight excluding hydrogens is 290 g/mol. The fourth-order valence-corrected chi connectivity index (χ4v) is 4.12. The zero-order valence-electron chi connectivity index (χ0n) is 13.0. The Morgan fingerprint density at radius 1 is 1.38 bits per heavy atom. The minimum Gasteiger partial charge on any atom is -0.447 e. The summed E-state index contributed by atoms with van der Waals surface area (Å²) in [5.74, 6) is 0.656. The van der Waals surface area contributed by atoms with Gasteiger partial charge in [0.05, 0.1) is 6.54 Å². The van der Waals surface area contributed by atoms with E-state index in [9.17, 15) is 8.42 Å². The first-order valence-electron chi connectivity index (χ1n) is 7.45. The van der Waals surface area contributed by atoms with Gasteiger partial charge in [0.15, 0.2) is 0 Å². The molecule has 1 aliphatic rings. The van der Waals surface area contributed by atoms with Crippen LogP contribution in [0, 0.1) is 0 Å². The molecule has 0 bridgehead atoms. The Morgan fingerprint density at radius 2 is 2.14 bits per heavy atom. The summed E-state index contributed by atoms with van der Waals surface area (Å²) in [5, 5.41) is 3.25. The third-order valence-corrected chi connectivity index (χ3v) is 5.58. The largest absolute Gasteiger partial charge is 0.447 e. The summed E-state index contributed by atoms with van der Waals surface area (Å²) in [6, 6.07) is 3.25. The zero-order chi connectivity index (χ0) is 15.5. The molecule has 1 aliphatic heterocycles. The van der Waals surface area contributed by atoms with Crippen molar-refractivity contribution < 1.29 is 12.8 Å². The van der Waals surface area contributed by atoms with Crippen LogP contribution in [0.5, 0.6) is 0 Å². The second kappa shape index (κ2) is 6.91. The zero-order valence-corrected chi connectivity index (χ0v) is 13.8. The first-order chi connectivity index (χ1) is 9.95. The Labute approximate surface area is 127 Å². The lowest BCUT2D eigenvalue weighted by molar-refractivity contribution is 0.168. The molecule has 0 spiro atoms. The van der Waals surface area contributed by atoms with Crippen molar-refractivity contribution in [3.05, 3.63) is 17.9 Å². The number of hydrogen-bond acceptors (Lipinski definition) is 5. The number of sulfonamides is 1. The SMILES string of the molecule is CCCNCc1ccc(S(=O)(=O)N2CCN(C)CC2C)o1. The quantitative estimate of drug-likeness (QED) is 0.797. The van der Waals surface area contributed by atoms with Crippen molar-refractivity contribution in [2.45, 2.75) is 37.9 Å². The van der Waals surface area contributed by atoms with Crippen LogP contribution >= 0.6 is 0 Å². The van der Waals surface area contributed by atoms with E-state index in [2.05, 4.69) is 17.1 Å². The van der Waals surface area contributed by atoms with Crippen LogP contribution in [-0.2, 0) is 16.6 Å². The standard InChI is InChI=1S/C14H25N3O3S/c1-4-7-15-10-13-5-6-14(20-13)21(18,19)17-9-8-16(3)11-12(17)2/h5-6,12,15H,4,7-11H2,1-3H3. The van der Waals surface area contributed by atoms with Crippen LogP contribution in [0.15, 0.2) is 21.6 Å². The molecule has 1 atom stereocenters. The van der Waals surface area contributed by atoms with Crippen molar-refractivity contribution in [2.75, 3.05) is 33.2 Å². The van der Waals surface area contributed by atoms with Gasteiger partial charge in [-0.15, -0.1) is 0 Å². The molecule has 6 nitrogen and oxygen atoms in total. The summed E-state index contributed by atoms with van der Waals surface area (Å²) < 4.78 is 32.3. The number of nitrogens with one attached hydrogen (secondary N) is 1. The Hall–Kier alpha value is -0.890. The van der Waals surface area contributed by atoms with Crippen LogP contribution in [-0.4, -0.2) is 56.9 Å². The van der Waals surface area contributed by atoms with Crippen molar-refractivity contribution in [1.82, 2.24) is 14.5 Å². The molecule has 2 heterocycles. The maximum Gasteiger partial charge on any atom is 0.276 e. The van der Waals surface area contributed by atoms with Crippen molar-refractivity contribution >= 4 is 10.0 Å². The lowest BCUT2D eigenvalue weighted by atomic mass is 10.2. The first-order valence-corrected chi connectivity index (χ1v) is 8.89. The molecular formula is C14H25N3O3S. The van der Waals surface area contributed by atoms with Gasteiger partial charge in [0.25, 0.3) is 10.0 Å². The molecule has 0 amide bonds. The molecule has 0 saturated carbocycles. The van der Waals surface area contributed by atoms with E-state index in [0.717, 1.165) is 26.1 Å². The first kappa shape index (κ1) is 16.5. The Bertz CT molecular complexity index is 556. The summed E-state index contributed by atoms with van der Waals surface area (Å²) >= 11 is 0. The lowest BCUT2D eigenvalue weighted by Crippen LogP contribution is -2.52. The van der Waals surface area contributed by atoms with E-state index in [-0.39, 0.29) is 11.1 Å². The fourth-order valence-electron chi connectivity index (χ4n) is 2.58. The molecule has 120 valence electrons. The molecule has 0 aromatic carbocycles. The normalized spacial score (nSPS) is 21.8. The third-order valence-electron chi connectivity index (χ3n) is 3.70. The summed E-state index contributed by atoms with van der Waals surface area (Å²) in [7, 11) is -1.53. The highest BCUT2D eigenvalue weighted by molar-refractivity contribution is 7.89. The molecule has 1 saturated heterocycles. The van der Waals surface area contributed by atoms with E-state index < -0.39 is 10.0 Å². The highest BCUT2D eigenvalue weighted by Crippen LogP contribution is 2.22. The molecule has 1 aromatic heterocycles. The minimum absolute atomic E-state index is 0.0412. The van der Waals surface area contributed by atoms with Gasteiger partial charge in [-0.2, -0.15) is 4.31 Å². The fraction of sp³-hybridized carbons (Fsp3) is 0.714. The van der Waals surface area contributed by atoms with E-state index in [1.807, 2.05) is 14.0 Å². The van der Waals surface area contributed by atoms with Crippen LogP contribution in [0.4, 0.5) is 0 Å². The van der Waals surface area contributed by atoms with Gasteiger partial charge in [0, 0.05) is 25.7 Å². The average Bonchev–Trinajstić information content (AvgIpc) is 2.88. The Balaban J connectivity index is 2.09. The van der Waals surface area contributed by atoms with Crippen LogP contribution in [0.2, 0.25) is 0 Å². The van der Waals surface area contributed by atoms with Gasteiger partial charge in [-0.05, 0) is 39.1 Å². The molecule has 0 radical (unpaired) electrons. The van der Waals surface area contributed by atoms with Gasteiger partial charge in [-0.3, -0.25) is 0 Å². The van der Waals surface area contributed by atoms with Gasteiger partial charge < -0.3 is 14.6 Å². The highest BCUT2D eigenvalue weighted by Gasteiger charge is 2.34. The van der Waals surface area contributed by atoms with Gasteiger partial charge in [-0.1, -0.05) is 6.92 Å². The maximum atomic E-state index is 12.6. The van der Waals surface area contributed by atoms with Crippen LogP contribution in [0.1, 0.15) is 26.0 Å². The number of nitrogens with zero attached hydrogens (tertiary/aromatic N) is 2. The van der Waals surface area contributed by atoms with Gasteiger partial charge >= 0.3 is 0 Å². The predicted octanol–water partition coefficient (Wildman–Crippen LogP) is 1.10. The third kappa shape index (κ3) is 3.85. The van der Waals surface area contributed by atoms with Crippen LogP contribution in [0.25, 0.3) is 0 Å². The van der Waals surface area contributed by atoms with Crippen molar-refractivity contribution in [3.8, 4) is 0 Å². The molecule has 7 heteroatoms. The van der Waals surface area contributed by atoms with Crippen LogP contribution in [0.3, 0.4) is 0 Å². The van der Waals surface area contributed by atoms with Crippen molar-refractivity contribution in [3.63, 3.8) is 0 Å². The molecule has 1 unspecified atom stereocenters. The van der Waals surface area contributed by atoms with E-state index >= 15 is 0 Å². The number of hydrogen-bond donors (Lipinski definition) is 1. The van der Waals surface area contributed by atoms with Crippen LogP contribution < -0.4 is 5.32 Å². The maximum absolute atomic E-state index is 12.6. The number of piperazine rings is 1. The Morgan fingerprint density at radius 3 is 2.81 bits per heavy atom. The number of likely N-dealkylation sites (N-methyl/N-ethyl adjacent to an activating group) is 1. The molecule has 1 aromatic rings. The van der Waals surface area contributed by atoms with Crippen molar-refractivity contribution in [2.24, 2.45) is 0 Å². The summed E-state index contributed by atoms with van der Waals surface area (Å²) in [6.07, 6.45) is 1.03. The highest BCUT2D eigenvalue weighted by atomic mass is 32.2. The summed E-state index contributed by atoms with van der Waals surface area (Å²) in [5.41, 5.74) is 0. The van der Waals surface area contributed by atoms with E-state index in [1.165, 1.54) is 4.31 Å². The molecule has 1 N–H and O–H groups in total. The van der Waals surface area contributed by atoms with Gasteiger partial charge in [-0.25, -0.2) is 8.42 Å². The number of furan rings is 1. The molecule has 21 heavy (non-hydrogen) atoms. The monoisotopic (exact) mass is 315 g/mol. The second-order valence-corrected chi connectivity index (χ2v) is 7.45. The minimum atomic E-state index is -3.53. The molecule has 0 aliphatic carbocycles. The van der Waals surface area contributed by atoms with E-state index in [4.69, 9.17) is 4.42 Å². The average molecular weight is 315 g/mol. The van der Waals surface area contributed by atoms with E-state index in [0.29, 0.717) is 18.8 Å². The van der Waals surface area contributed by atoms with Gasteiger partial charge in [0.2, 0.25) is 5.09 Å². The second-order valence-electron chi connectivity index (χ2n) is 5.62. The molecule has 1 fully saturated rings. The Kier molecular flexibility index (Phi) is 5.43. The molecule has 2 rings (SSSR count). The summed E-state index contributed by atoms with van der Waals surface area (Å²) in [6.45, 7) is 7.45. The summed E-state index contributed by atoms with van der Waals surface area (Å²) in [4.78, 5) is 2.14. The predicted molar refractivity (Wildman–Crippen MR) is 81.6 cm³/mol. The smallest absolute Gasteiger partial charge is 0.276 e.